The lowest BCUT2D eigenvalue weighted by molar-refractivity contribution is 1.15. The summed E-state index contributed by atoms with van der Waals surface area (Å²) in [5.41, 5.74) is 1.64. The lowest BCUT2D eigenvalue weighted by atomic mass is 10.4. The number of fused-ring (bicyclic) bond motifs is 1. The second kappa shape index (κ2) is 4.75. The van der Waals surface area contributed by atoms with Gasteiger partial charge in [-0.3, -0.25) is 9.78 Å². The SMILES string of the molecule is O=c1[nH]c(/C=C/c2cncs2)nc2sc(Br)cc12. The van der Waals surface area contributed by atoms with Gasteiger partial charge in [-0.2, -0.15) is 0 Å². The third-order valence-electron chi connectivity index (χ3n) is 2.25. The first kappa shape index (κ1) is 11.8. The Morgan fingerprint density at radius 3 is 3.06 bits per heavy atom. The minimum atomic E-state index is -0.120. The van der Waals surface area contributed by atoms with Crippen molar-refractivity contribution in [2.24, 2.45) is 0 Å². The Morgan fingerprint density at radius 1 is 1.39 bits per heavy atom. The molecule has 4 nitrogen and oxygen atoms in total. The van der Waals surface area contributed by atoms with Crippen molar-refractivity contribution in [2.75, 3.05) is 0 Å². The summed E-state index contributed by atoms with van der Waals surface area (Å²) in [6, 6.07) is 1.78. The van der Waals surface area contributed by atoms with E-state index in [1.54, 1.807) is 23.8 Å². The standard InChI is InChI=1S/C11H6BrN3OS2/c12-8-3-7-10(16)14-9(15-11(7)18-8)2-1-6-4-13-5-17-6/h1-5H,(H,14,15,16)/b2-1+. The molecule has 0 aliphatic rings. The lowest BCUT2D eigenvalue weighted by Crippen LogP contribution is -2.07. The summed E-state index contributed by atoms with van der Waals surface area (Å²) >= 11 is 6.33. The average molecular weight is 340 g/mol. The number of H-pyrrole nitrogens is 1. The van der Waals surface area contributed by atoms with Crippen LogP contribution in [0.5, 0.6) is 0 Å². The van der Waals surface area contributed by atoms with Gasteiger partial charge in [-0.15, -0.1) is 22.7 Å². The summed E-state index contributed by atoms with van der Waals surface area (Å²) in [5, 5.41) is 0.613. The number of halogens is 1. The maximum atomic E-state index is 11.8. The van der Waals surface area contributed by atoms with Crippen molar-refractivity contribution in [2.45, 2.75) is 0 Å². The molecule has 7 heteroatoms. The zero-order chi connectivity index (χ0) is 12.5. The molecule has 0 bridgehead atoms. The fraction of sp³-hybridized carbons (Fsp3) is 0. The summed E-state index contributed by atoms with van der Waals surface area (Å²) in [4.78, 5) is 24.7. The molecule has 0 aliphatic carbocycles. The molecule has 0 unspecified atom stereocenters. The number of rotatable bonds is 2. The van der Waals surface area contributed by atoms with E-state index in [4.69, 9.17) is 0 Å². The van der Waals surface area contributed by atoms with Crippen LogP contribution in [-0.4, -0.2) is 15.0 Å². The number of hydrogen-bond donors (Lipinski definition) is 1. The van der Waals surface area contributed by atoms with E-state index in [1.165, 1.54) is 22.7 Å². The number of thiazole rings is 1. The van der Waals surface area contributed by atoms with Crippen LogP contribution >= 0.6 is 38.6 Å². The van der Waals surface area contributed by atoms with E-state index >= 15 is 0 Å². The van der Waals surface area contributed by atoms with Crippen molar-refractivity contribution in [3.63, 3.8) is 0 Å². The largest absolute Gasteiger partial charge is 0.306 e. The highest BCUT2D eigenvalue weighted by Crippen LogP contribution is 2.25. The summed E-state index contributed by atoms with van der Waals surface area (Å²) < 4.78 is 0.902. The average Bonchev–Trinajstić information content (AvgIpc) is 2.94. The van der Waals surface area contributed by atoms with Gasteiger partial charge in [0.2, 0.25) is 0 Å². The maximum Gasteiger partial charge on any atom is 0.259 e. The molecule has 0 aromatic carbocycles. The minimum absolute atomic E-state index is 0.120. The topological polar surface area (TPSA) is 58.6 Å². The number of nitrogens with zero attached hydrogens (tertiary/aromatic N) is 2. The Kier molecular flexibility index (Phi) is 3.11. The van der Waals surface area contributed by atoms with Gasteiger partial charge in [0.25, 0.3) is 5.56 Å². The predicted octanol–water partition coefficient (Wildman–Crippen LogP) is 3.37. The van der Waals surface area contributed by atoms with Crippen molar-refractivity contribution in [1.29, 1.82) is 0 Å². The van der Waals surface area contributed by atoms with Gasteiger partial charge >= 0.3 is 0 Å². The Morgan fingerprint density at radius 2 is 2.28 bits per heavy atom. The highest BCUT2D eigenvalue weighted by molar-refractivity contribution is 9.11. The van der Waals surface area contributed by atoms with Crippen molar-refractivity contribution >= 4 is 61.0 Å². The molecule has 18 heavy (non-hydrogen) atoms. The van der Waals surface area contributed by atoms with Crippen molar-refractivity contribution in [3.05, 3.63) is 42.6 Å². The molecule has 0 spiro atoms. The normalized spacial score (nSPS) is 11.6. The molecule has 0 radical (unpaired) electrons. The number of thiophene rings is 1. The third kappa shape index (κ3) is 2.29. The van der Waals surface area contributed by atoms with Gasteiger partial charge in [0.15, 0.2) is 0 Å². The van der Waals surface area contributed by atoms with Gasteiger partial charge < -0.3 is 4.98 Å². The quantitative estimate of drug-likeness (QED) is 0.778. The number of hydrogen-bond acceptors (Lipinski definition) is 5. The van der Waals surface area contributed by atoms with Crippen LogP contribution in [-0.2, 0) is 0 Å². The molecule has 3 aromatic rings. The lowest BCUT2D eigenvalue weighted by Gasteiger charge is -1.93. The van der Waals surface area contributed by atoms with Crippen LogP contribution in [0.2, 0.25) is 0 Å². The number of aromatic nitrogens is 3. The van der Waals surface area contributed by atoms with Gasteiger partial charge in [0.05, 0.1) is 14.7 Å². The maximum absolute atomic E-state index is 11.8. The van der Waals surface area contributed by atoms with Gasteiger partial charge in [0.1, 0.15) is 10.7 Å². The van der Waals surface area contributed by atoms with Crippen LogP contribution < -0.4 is 5.56 Å². The van der Waals surface area contributed by atoms with Crippen molar-refractivity contribution < 1.29 is 0 Å². The number of aromatic amines is 1. The number of nitrogens with one attached hydrogen (secondary N) is 1. The molecule has 1 N–H and O–H groups in total. The van der Waals surface area contributed by atoms with Crippen LogP contribution in [0, 0.1) is 0 Å². The van der Waals surface area contributed by atoms with E-state index in [-0.39, 0.29) is 5.56 Å². The summed E-state index contributed by atoms with van der Waals surface area (Å²) in [6.45, 7) is 0. The van der Waals surface area contributed by atoms with Crippen molar-refractivity contribution in [1.82, 2.24) is 15.0 Å². The van der Waals surface area contributed by atoms with Gasteiger partial charge in [-0.25, -0.2) is 4.98 Å². The fourth-order valence-electron chi connectivity index (χ4n) is 1.47. The predicted molar refractivity (Wildman–Crippen MR) is 79.0 cm³/mol. The molecule has 0 aliphatic heterocycles. The summed E-state index contributed by atoms with van der Waals surface area (Å²) in [5.74, 6) is 0.551. The van der Waals surface area contributed by atoms with Crippen LogP contribution in [0.25, 0.3) is 22.4 Å². The van der Waals surface area contributed by atoms with E-state index in [0.717, 1.165) is 13.5 Å². The molecule has 3 aromatic heterocycles. The van der Waals surface area contributed by atoms with E-state index in [2.05, 4.69) is 30.9 Å². The first-order valence-electron chi connectivity index (χ1n) is 4.98. The first-order valence-corrected chi connectivity index (χ1v) is 7.47. The Balaban J connectivity index is 2.05. The van der Waals surface area contributed by atoms with Gasteiger partial charge in [-0.1, -0.05) is 0 Å². The molecule has 3 heterocycles. The van der Waals surface area contributed by atoms with Crippen LogP contribution in [0.3, 0.4) is 0 Å². The van der Waals surface area contributed by atoms with E-state index in [0.29, 0.717) is 11.2 Å². The first-order chi connectivity index (χ1) is 8.72. The molecule has 0 fully saturated rings. The smallest absolute Gasteiger partial charge is 0.259 e. The van der Waals surface area contributed by atoms with Crippen molar-refractivity contribution in [3.8, 4) is 0 Å². The van der Waals surface area contributed by atoms with Crippen LogP contribution in [0.4, 0.5) is 0 Å². The second-order valence-electron chi connectivity index (χ2n) is 3.46. The zero-order valence-electron chi connectivity index (χ0n) is 8.88. The summed E-state index contributed by atoms with van der Waals surface area (Å²) in [6.07, 6.45) is 5.42. The monoisotopic (exact) mass is 339 g/mol. The Bertz CT molecular complexity index is 773. The molecule has 0 atom stereocenters. The second-order valence-corrected chi connectivity index (χ2v) is 6.79. The molecular formula is C11H6BrN3OS2. The molecule has 0 saturated carbocycles. The van der Waals surface area contributed by atoms with Gasteiger partial charge in [-0.05, 0) is 34.1 Å². The molecule has 90 valence electrons. The van der Waals surface area contributed by atoms with Crippen LogP contribution in [0.1, 0.15) is 10.7 Å². The minimum Gasteiger partial charge on any atom is -0.306 e. The summed E-state index contributed by atoms with van der Waals surface area (Å²) in [7, 11) is 0. The molecule has 0 saturated heterocycles. The molecule has 3 rings (SSSR count). The van der Waals surface area contributed by atoms with E-state index in [1.807, 2.05) is 6.08 Å². The highest BCUT2D eigenvalue weighted by atomic mass is 79.9. The fourth-order valence-corrected chi connectivity index (χ4v) is 3.43. The molecule has 0 amide bonds. The Labute approximate surface area is 118 Å². The van der Waals surface area contributed by atoms with Crippen LogP contribution in [0.15, 0.2) is 26.4 Å². The van der Waals surface area contributed by atoms with E-state index < -0.39 is 0 Å². The third-order valence-corrected chi connectivity index (χ3v) is 4.52. The van der Waals surface area contributed by atoms with Gasteiger partial charge in [0, 0.05) is 11.1 Å². The zero-order valence-corrected chi connectivity index (χ0v) is 12.1. The van der Waals surface area contributed by atoms with E-state index in [9.17, 15) is 4.79 Å². The highest BCUT2D eigenvalue weighted by Gasteiger charge is 2.06. The Hall–Kier alpha value is -1.31. The molecular weight excluding hydrogens is 334 g/mol.